The second kappa shape index (κ2) is 10.2. The van der Waals surface area contributed by atoms with Gasteiger partial charge in [0.25, 0.3) is 0 Å². The largest absolute Gasteiger partial charge is 0.396 e. The lowest BCUT2D eigenvalue weighted by Crippen LogP contribution is -2.35. The van der Waals surface area contributed by atoms with Crippen molar-refractivity contribution in [3.05, 3.63) is 0 Å². The first-order valence-electron chi connectivity index (χ1n) is 8.52. The number of alkyl halides is 1. The topological polar surface area (TPSA) is 20.2 Å². The summed E-state index contributed by atoms with van der Waals surface area (Å²) in [7, 11) is 0. The first kappa shape index (κ1) is 17.5. The highest BCUT2D eigenvalue weighted by atomic mass is 79.9. The Morgan fingerprint density at radius 3 is 2.42 bits per heavy atom. The van der Waals surface area contributed by atoms with Crippen LogP contribution in [0.25, 0.3) is 0 Å². The number of hydrogen-bond acceptors (Lipinski definition) is 1. The van der Waals surface area contributed by atoms with Crippen LogP contribution in [0, 0.1) is 5.92 Å². The average Bonchev–Trinajstić information content (AvgIpc) is 2.41. The number of aliphatic hydroxyl groups is 1. The summed E-state index contributed by atoms with van der Waals surface area (Å²) in [6, 6.07) is 0. The predicted octanol–water partition coefficient (Wildman–Crippen LogP) is 5.83. The Morgan fingerprint density at radius 2 is 1.74 bits per heavy atom. The van der Waals surface area contributed by atoms with Gasteiger partial charge in [-0.1, -0.05) is 80.6 Å². The quantitative estimate of drug-likeness (QED) is 0.394. The number of unbranched alkanes of at least 4 members (excludes halogenated alkanes) is 6. The molecule has 2 unspecified atom stereocenters. The predicted molar refractivity (Wildman–Crippen MR) is 87.9 cm³/mol. The zero-order chi connectivity index (χ0) is 14.0. The van der Waals surface area contributed by atoms with E-state index in [0.29, 0.717) is 16.8 Å². The van der Waals surface area contributed by atoms with E-state index in [1.54, 1.807) is 0 Å². The van der Waals surface area contributed by atoms with Crippen LogP contribution >= 0.6 is 15.9 Å². The lowest BCUT2D eigenvalue weighted by molar-refractivity contribution is 0.191. The van der Waals surface area contributed by atoms with Gasteiger partial charge in [0.2, 0.25) is 0 Å². The Kier molecular flexibility index (Phi) is 9.40. The number of aliphatic hydroxyl groups excluding tert-OH is 1. The molecule has 1 N–H and O–H groups in total. The molecular weight excluding hydrogens is 300 g/mol. The number of rotatable bonds is 10. The van der Waals surface area contributed by atoms with Crippen LogP contribution in [0.1, 0.15) is 90.4 Å². The SMILES string of the molecule is CCCCCCCCCC1(Br)CCCCC1CCO. The average molecular weight is 333 g/mol. The van der Waals surface area contributed by atoms with Crippen LogP contribution in [0.15, 0.2) is 0 Å². The fraction of sp³-hybridized carbons (Fsp3) is 1.00. The maximum Gasteiger partial charge on any atom is 0.0434 e. The Hall–Kier alpha value is 0.440. The molecule has 0 bridgehead atoms. The summed E-state index contributed by atoms with van der Waals surface area (Å²) in [6.45, 7) is 2.63. The molecule has 1 aliphatic carbocycles. The zero-order valence-corrected chi connectivity index (χ0v) is 14.4. The molecule has 1 fully saturated rings. The highest BCUT2D eigenvalue weighted by Crippen LogP contribution is 2.45. The van der Waals surface area contributed by atoms with E-state index >= 15 is 0 Å². The Balaban J connectivity index is 2.17. The van der Waals surface area contributed by atoms with Crippen LogP contribution in [-0.4, -0.2) is 16.0 Å². The second-order valence-corrected chi connectivity index (χ2v) is 7.94. The van der Waals surface area contributed by atoms with E-state index in [1.165, 1.54) is 77.0 Å². The molecule has 114 valence electrons. The molecule has 0 aromatic heterocycles. The van der Waals surface area contributed by atoms with Gasteiger partial charge in [0.1, 0.15) is 0 Å². The van der Waals surface area contributed by atoms with E-state index in [1.807, 2.05) is 0 Å². The lowest BCUT2D eigenvalue weighted by Gasteiger charge is -2.40. The van der Waals surface area contributed by atoms with Gasteiger partial charge in [-0.25, -0.2) is 0 Å². The Morgan fingerprint density at radius 1 is 1.05 bits per heavy atom. The fourth-order valence-electron chi connectivity index (χ4n) is 3.54. The second-order valence-electron chi connectivity index (χ2n) is 6.36. The molecule has 1 rings (SSSR count). The van der Waals surface area contributed by atoms with E-state index < -0.39 is 0 Å². The molecule has 0 amide bonds. The van der Waals surface area contributed by atoms with Gasteiger partial charge in [0.05, 0.1) is 0 Å². The molecule has 0 spiro atoms. The van der Waals surface area contributed by atoms with Crippen molar-refractivity contribution >= 4 is 15.9 Å². The minimum atomic E-state index is 0.345. The third kappa shape index (κ3) is 6.62. The fourth-order valence-corrected chi connectivity index (χ4v) is 4.55. The van der Waals surface area contributed by atoms with Gasteiger partial charge in [0.15, 0.2) is 0 Å². The summed E-state index contributed by atoms with van der Waals surface area (Å²) in [5.74, 6) is 0.700. The van der Waals surface area contributed by atoms with Crippen molar-refractivity contribution in [1.82, 2.24) is 0 Å². The smallest absolute Gasteiger partial charge is 0.0434 e. The Bertz CT molecular complexity index is 217. The van der Waals surface area contributed by atoms with E-state index in [0.717, 1.165) is 6.42 Å². The van der Waals surface area contributed by atoms with Gasteiger partial charge in [-0.15, -0.1) is 0 Å². The maximum atomic E-state index is 9.22. The molecular formula is C17H33BrO. The highest BCUT2D eigenvalue weighted by Gasteiger charge is 2.37. The monoisotopic (exact) mass is 332 g/mol. The van der Waals surface area contributed by atoms with Crippen molar-refractivity contribution in [2.24, 2.45) is 5.92 Å². The lowest BCUT2D eigenvalue weighted by atomic mass is 9.75. The van der Waals surface area contributed by atoms with Gasteiger partial charge in [-0.3, -0.25) is 0 Å². The standard InChI is InChI=1S/C17H33BrO/c1-2-3-4-5-6-7-9-13-17(18)14-10-8-11-16(17)12-15-19/h16,19H,2-15H2,1H3. The molecule has 1 aliphatic rings. The molecule has 0 aliphatic heterocycles. The van der Waals surface area contributed by atoms with Crippen LogP contribution < -0.4 is 0 Å². The summed E-state index contributed by atoms with van der Waals surface area (Å²) in [5, 5.41) is 9.22. The van der Waals surface area contributed by atoms with Crippen molar-refractivity contribution in [3.63, 3.8) is 0 Å². The van der Waals surface area contributed by atoms with Crippen molar-refractivity contribution in [1.29, 1.82) is 0 Å². The van der Waals surface area contributed by atoms with Crippen LogP contribution in [0.2, 0.25) is 0 Å². The van der Waals surface area contributed by atoms with E-state index in [9.17, 15) is 5.11 Å². The van der Waals surface area contributed by atoms with Gasteiger partial charge in [0, 0.05) is 10.9 Å². The molecule has 0 heterocycles. The molecule has 19 heavy (non-hydrogen) atoms. The van der Waals surface area contributed by atoms with Crippen LogP contribution in [-0.2, 0) is 0 Å². The third-order valence-corrected chi connectivity index (χ3v) is 6.24. The summed E-state index contributed by atoms with van der Waals surface area (Å²) in [5.41, 5.74) is 0. The molecule has 0 aromatic carbocycles. The van der Waals surface area contributed by atoms with Crippen molar-refractivity contribution < 1.29 is 5.11 Å². The van der Waals surface area contributed by atoms with E-state index in [-0.39, 0.29) is 0 Å². The third-order valence-electron chi connectivity index (χ3n) is 4.80. The van der Waals surface area contributed by atoms with Crippen molar-refractivity contribution in [3.8, 4) is 0 Å². The zero-order valence-electron chi connectivity index (χ0n) is 12.8. The summed E-state index contributed by atoms with van der Waals surface area (Å²) in [6.07, 6.45) is 17.4. The summed E-state index contributed by atoms with van der Waals surface area (Å²) in [4.78, 5) is 0. The van der Waals surface area contributed by atoms with Crippen molar-refractivity contribution in [2.45, 2.75) is 94.7 Å². The van der Waals surface area contributed by atoms with Crippen LogP contribution in [0.5, 0.6) is 0 Å². The minimum absolute atomic E-state index is 0.345. The molecule has 0 saturated heterocycles. The van der Waals surface area contributed by atoms with Gasteiger partial charge in [-0.2, -0.15) is 0 Å². The number of hydrogen-bond donors (Lipinski definition) is 1. The van der Waals surface area contributed by atoms with Gasteiger partial charge >= 0.3 is 0 Å². The molecule has 1 saturated carbocycles. The first-order chi connectivity index (χ1) is 9.23. The molecule has 2 heteroatoms. The van der Waals surface area contributed by atoms with E-state index in [2.05, 4.69) is 22.9 Å². The van der Waals surface area contributed by atoms with Crippen molar-refractivity contribution in [2.75, 3.05) is 6.61 Å². The molecule has 2 atom stereocenters. The highest BCUT2D eigenvalue weighted by molar-refractivity contribution is 9.10. The minimum Gasteiger partial charge on any atom is -0.396 e. The maximum absolute atomic E-state index is 9.22. The summed E-state index contributed by atoms with van der Waals surface area (Å²) < 4.78 is 0.345. The Labute approximate surface area is 128 Å². The summed E-state index contributed by atoms with van der Waals surface area (Å²) >= 11 is 4.05. The molecule has 0 radical (unpaired) electrons. The van der Waals surface area contributed by atoms with Crippen LogP contribution in [0.3, 0.4) is 0 Å². The van der Waals surface area contributed by atoms with E-state index in [4.69, 9.17) is 0 Å². The van der Waals surface area contributed by atoms with Gasteiger partial charge in [-0.05, 0) is 31.6 Å². The molecule has 0 aromatic rings. The first-order valence-corrected chi connectivity index (χ1v) is 9.32. The van der Waals surface area contributed by atoms with Crippen LogP contribution in [0.4, 0.5) is 0 Å². The molecule has 1 nitrogen and oxygen atoms in total. The number of halogens is 1. The van der Waals surface area contributed by atoms with Gasteiger partial charge < -0.3 is 5.11 Å². The normalized spacial score (nSPS) is 27.6.